The maximum Gasteiger partial charge on any atom is 0.159 e. The Hall–Kier alpha value is -0.960. The third-order valence-corrected chi connectivity index (χ3v) is 2.04. The maximum atomic E-state index is 12.8. The first-order valence-electron chi connectivity index (χ1n) is 4.61. The Balaban J connectivity index is 2.65. The van der Waals surface area contributed by atoms with Gasteiger partial charge in [-0.15, -0.1) is 0 Å². The van der Waals surface area contributed by atoms with E-state index < -0.39 is 11.6 Å². The molecule has 0 aromatic heterocycles. The summed E-state index contributed by atoms with van der Waals surface area (Å²) in [6, 6.07) is 3.96. The standard InChI is InChI=1S/C11H15F2N/c1-11(2,14)6-5-8-3-4-9(12)10(13)7-8/h3-4,7H,5-6,14H2,1-2H3. The monoisotopic (exact) mass is 199 g/mol. The molecule has 0 heterocycles. The van der Waals surface area contributed by atoms with Gasteiger partial charge in [-0.1, -0.05) is 6.07 Å². The number of halogens is 2. The van der Waals surface area contributed by atoms with Gasteiger partial charge in [0.05, 0.1) is 0 Å². The highest BCUT2D eigenvalue weighted by atomic mass is 19.2. The van der Waals surface area contributed by atoms with Gasteiger partial charge in [-0.3, -0.25) is 0 Å². The number of nitrogens with two attached hydrogens (primary N) is 1. The van der Waals surface area contributed by atoms with Gasteiger partial charge in [0.2, 0.25) is 0 Å². The smallest absolute Gasteiger partial charge is 0.159 e. The van der Waals surface area contributed by atoms with Gasteiger partial charge in [-0.05, 0) is 44.4 Å². The highest BCUT2D eigenvalue weighted by molar-refractivity contribution is 5.18. The van der Waals surface area contributed by atoms with Crippen LogP contribution in [0.2, 0.25) is 0 Å². The molecule has 1 nitrogen and oxygen atoms in total. The van der Waals surface area contributed by atoms with Crippen LogP contribution in [0, 0.1) is 11.6 Å². The normalized spacial score (nSPS) is 11.8. The van der Waals surface area contributed by atoms with Crippen molar-refractivity contribution in [2.45, 2.75) is 32.2 Å². The highest BCUT2D eigenvalue weighted by Gasteiger charge is 2.11. The summed E-state index contributed by atoms with van der Waals surface area (Å²) in [6.45, 7) is 3.82. The van der Waals surface area contributed by atoms with E-state index in [4.69, 9.17) is 5.73 Å². The van der Waals surface area contributed by atoms with Crippen molar-refractivity contribution in [3.05, 3.63) is 35.4 Å². The van der Waals surface area contributed by atoms with Crippen LogP contribution in [0.4, 0.5) is 8.78 Å². The molecule has 0 radical (unpaired) electrons. The fraction of sp³-hybridized carbons (Fsp3) is 0.455. The SMILES string of the molecule is CC(C)(N)CCc1ccc(F)c(F)c1. The molecule has 3 heteroatoms. The fourth-order valence-electron chi connectivity index (χ4n) is 1.16. The van der Waals surface area contributed by atoms with Crippen molar-refractivity contribution in [3.63, 3.8) is 0 Å². The largest absolute Gasteiger partial charge is 0.326 e. The number of rotatable bonds is 3. The average molecular weight is 199 g/mol. The Morgan fingerprint density at radius 1 is 1.21 bits per heavy atom. The van der Waals surface area contributed by atoms with E-state index in [0.29, 0.717) is 6.42 Å². The number of hydrogen-bond donors (Lipinski definition) is 1. The lowest BCUT2D eigenvalue weighted by atomic mass is 9.96. The zero-order valence-electron chi connectivity index (χ0n) is 8.48. The Labute approximate surface area is 82.9 Å². The molecule has 0 fully saturated rings. The van der Waals surface area contributed by atoms with Gasteiger partial charge >= 0.3 is 0 Å². The van der Waals surface area contributed by atoms with Crippen molar-refractivity contribution in [1.82, 2.24) is 0 Å². The summed E-state index contributed by atoms with van der Waals surface area (Å²) in [5, 5.41) is 0. The van der Waals surface area contributed by atoms with Crippen LogP contribution in [0.5, 0.6) is 0 Å². The first-order valence-corrected chi connectivity index (χ1v) is 4.61. The zero-order chi connectivity index (χ0) is 10.8. The van der Waals surface area contributed by atoms with Crippen LogP contribution in [0.3, 0.4) is 0 Å². The molecule has 0 aliphatic rings. The third-order valence-electron chi connectivity index (χ3n) is 2.04. The van der Waals surface area contributed by atoms with E-state index in [1.165, 1.54) is 6.07 Å². The summed E-state index contributed by atoms with van der Waals surface area (Å²) >= 11 is 0. The van der Waals surface area contributed by atoms with Gasteiger partial charge in [0.1, 0.15) is 0 Å². The maximum absolute atomic E-state index is 12.8. The lowest BCUT2D eigenvalue weighted by molar-refractivity contribution is 0.473. The summed E-state index contributed by atoms with van der Waals surface area (Å²) in [5.74, 6) is -1.60. The van der Waals surface area contributed by atoms with Gasteiger partial charge in [-0.25, -0.2) is 8.78 Å². The van der Waals surface area contributed by atoms with Crippen LogP contribution in [-0.4, -0.2) is 5.54 Å². The minimum absolute atomic E-state index is 0.273. The predicted molar refractivity (Wildman–Crippen MR) is 52.9 cm³/mol. The van der Waals surface area contributed by atoms with Crippen LogP contribution in [0.15, 0.2) is 18.2 Å². The average Bonchev–Trinajstić information content (AvgIpc) is 2.06. The quantitative estimate of drug-likeness (QED) is 0.795. The van der Waals surface area contributed by atoms with E-state index in [1.54, 1.807) is 6.07 Å². The van der Waals surface area contributed by atoms with Gasteiger partial charge in [0.25, 0.3) is 0 Å². The second-order valence-electron chi connectivity index (χ2n) is 4.24. The summed E-state index contributed by atoms with van der Waals surface area (Å²) < 4.78 is 25.4. The molecule has 0 amide bonds. The molecule has 2 N–H and O–H groups in total. The fourth-order valence-corrected chi connectivity index (χ4v) is 1.16. The molecular weight excluding hydrogens is 184 g/mol. The second kappa shape index (κ2) is 4.05. The topological polar surface area (TPSA) is 26.0 Å². The van der Waals surface area contributed by atoms with Gasteiger partial charge < -0.3 is 5.73 Å². The Bertz CT molecular complexity index is 316. The third kappa shape index (κ3) is 3.42. The van der Waals surface area contributed by atoms with Crippen LogP contribution < -0.4 is 5.73 Å². The van der Waals surface area contributed by atoms with Gasteiger partial charge in [0, 0.05) is 5.54 Å². The molecule has 14 heavy (non-hydrogen) atoms. The van der Waals surface area contributed by atoms with Crippen molar-refractivity contribution in [2.75, 3.05) is 0 Å². The Morgan fingerprint density at radius 2 is 1.86 bits per heavy atom. The molecule has 0 saturated carbocycles. The van der Waals surface area contributed by atoms with Crippen molar-refractivity contribution in [3.8, 4) is 0 Å². The van der Waals surface area contributed by atoms with Crippen LogP contribution >= 0.6 is 0 Å². The first-order chi connectivity index (χ1) is 6.38. The molecule has 0 aliphatic heterocycles. The summed E-state index contributed by atoms with van der Waals surface area (Å²) in [5.41, 5.74) is 6.29. The zero-order valence-corrected chi connectivity index (χ0v) is 8.48. The molecule has 0 saturated heterocycles. The van der Waals surface area contributed by atoms with E-state index in [0.717, 1.165) is 18.1 Å². The molecule has 0 atom stereocenters. The number of hydrogen-bond acceptors (Lipinski definition) is 1. The summed E-state index contributed by atoms with van der Waals surface area (Å²) in [6.07, 6.45) is 1.42. The van der Waals surface area contributed by atoms with E-state index in [1.807, 2.05) is 13.8 Å². The summed E-state index contributed by atoms with van der Waals surface area (Å²) in [4.78, 5) is 0. The molecule has 1 aromatic carbocycles. The molecule has 1 aromatic rings. The highest BCUT2D eigenvalue weighted by Crippen LogP contribution is 2.13. The minimum Gasteiger partial charge on any atom is -0.326 e. The Kier molecular flexibility index (Phi) is 3.21. The Morgan fingerprint density at radius 3 is 2.36 bits per heavy atom. The lowest BCUT2D eigenvalue weighted by Crippen LogP contribution is -2.32. The molecule has 0 aliphatic carbocycles. The predicted octanol–water partition coefficient (Wildman–Crippen LogP) is 2.63. The van der Waals surface area contributed by atoms with Gasteiger partial charge in [0.15, 0.2) is 11.6 Å². The summed E-state index contributed by atoms with van der Waals surface area (Å²) in [7, 11) is 0. The van der Waals surface area contributed by atoms with Gasteiger partial charge in [-0.2, -0.15) is 0 Å². The van der Waals surface area contributed by atoms with Crippen LogP contribution in [0.25, 0.3) is 0 Å². The van der Waals surface area contributed by atoms with Crippen LogP contribution in [-0.2, 0) is 6.42 Å². The van der Waals surface area contributed by atoms with Crippen molar-refractivity contribution in [1.29, 1.82) is 0 Å². The molecule has 0 bridgehead atoms. The molecule has 1 rings (SSSR count). The number of aryl methyl sites for hydroxylation is 1. The van der Waals surface area contributed by atoms with Crippen molar-refractivity contribution in [2.24, 2.45) is 5.73 Å². The minimum atomic E-state index is -0.805. The first kappa shape index (κ1) is 11.1. The second-order valence-corrected chi connectivity index (χ2v) is 4.24. The molecular formula is C11H15F2N. The van der Waals surface area contributed by atoms with E-state index in [-0.39, 0.29) is 5.54 Å². The van der Waals surface area contributed by atoms with E-state index >= 15 is 0 Å². The molecule has 78 valence electrons. The molecule has 0 unspecified atom stereocenters. The lowest BCUT2D eigenvalue weighted by Gasteiger charge is -2.17. The van der Waals surface area contributed by atoms with Crippen molar-refractivity contribution < 1.29 is 8.78 Å². The van der Waals surface area contributed by atoms with E-state index in [2.05, 4.69) is 0 Å². The van der Waals surface area contributed by atoms with E-state index in [9.17, 15) is 8.78 Å². The van der Waals surface area contributed by atoms with Crippen molar-refractivity contribution >= 4 is 0 Å². The van der Waals surface area contributed by atoms with Crippen LogP contribution in [0.1, 0.15) is 25.8 Å². The number of benzene rings is 1. The molecule has 0 spiro atoms.